The second-order valence-corrected chi connectivity index (χ2v) is 8.25. The van der Waals surface area contributed by atoms with Crippen LogP contribution in [-0.4, -0.2) is 35.2 Å². The highest BCUT2D eigenvalue weighted by atomic mass is 16.2. The van der Waals surface area contributed by atoms with E-state index in [0.29, 0.717) is 31.4 Å². The Labute approximate surface area is 187 Å². The third-order valence-corrected chi connectivity index (χ3v) is 6.05. The first kappa shape index (κ1) is 21.6. The summed E-state index contributed by atoms with van der Waals surface area (Å²) in [5.74, 6) is -0.823. The Balaban J connectivity index is 1.34. The van der Waals surface area contributed by atoms with E-state index in [-0.39, 0.29) is 18.2 Å². The number of aryl methyl sites for hydroxylation is 1. The standard InChI is InChI=1S/C25H28N4O3/c26-19(15-27-14-13-17-5-2-1-3-6-17)10-9-18-7-4-8-20-21(18)16-29(25(20)32)22-11-12-23(30)28-24(22)31/h1-8,15,22,27H,9-14,16,26H2,(H,28,30,31)/b19-15-. The third-order valence-electron chi connectivity index (χ3n) is 6.05. The fourth-order valence-electron chi connectivity index (χ4n) is 4.30. The number of allylic oxidation sites excluding steroid dienone is 1. The summed E-state index contributed by atoms with van der Waals surface area (Å²) in [6, 6.07) is 15.4. The molecule has 1 atom stereocenters. The fourth-order valence-corrected chi connectivity index (χ4v) is 4.30. The van der Waals surface area contributed by atoms with E-state index in [1.807, 2.05) is 36.5 Å². The Morgan fingerprint density at radius 1 is 1.09 bits per heavy atom. The molecule has 7 heteroatoms. The van der Waals surface area contributed by atoms with Crippen molar-refractivity contribution in [3.63, 3.8) is 0 Å². The summed E-state index contributed by atoms with van der Waals surface area (Å²) in [6.07, 6.45) is 4.78. The molecule has 1 fully saturated rings. The van der Waals surface area contributed by atoms with Crippen LogP contribution in [0.1, 0.15) is 46.3 Å². The summed E-state index contributed by atoms with van der Waals surface area (Å²) < 4.78 is 0. The van der Waals surface area contributed by atoms with E-state index in [2.05, 4.69) is 22.8 Å². The van der Waals surface area contributed by atoms with Crippen molar-refractivity contribution in [2.24, 2.45) is 5.73 Å². The topological polar surface area (TPSA) is 105 Å². The zero-order chi connectivity index (χ0) is 22.5. The van der Waals surface area contributed by atoms with Gasteiger partial charge >= 0.3 is 0 Å². The molecule has 0 radical (unpaired) electrons. The monoisotopic (exact) mass is 432 g/mol. The van der Waals surface area contributed by atoms with E-state index in [1.165, 1.54) is 5.56 Å². The molecule has 0 aromatic heterocycles. The number of amides is 3. The number of rotatable bonds is 8. The zero-order valence-electron chi connectivity index (χ0n) is 18.0. The maximum absolute atomic E-state index is 12.9. The molecule has 2 aliphatic rings. The zero-order valence-corrected chi connectivity index (χ0v) is 18.0. The van der Waals surface area contributed by atoms with Gasteiger partial charge in [-0.05, 0) is 48.4 Å². The number of piperidine rings is 1. The van der Waals surface area contributed by atoms with Crippen LogP contribution in [0, 0.1) is 0 Å². The molecule has 2 aromatic rings. The Hall–Kier alpha value is -3.61. The van der Waals surface area contributed by atoms with Gasteiger partial charge in [-0.15, -0.1) is 0 Å². The fraction of sp³-hybridized carbons (Fsp3) is 0.320. The maximum atomic E-state index is 12.9. The lowest BCUT2D eigenvalue weighted by Gasteiger charge is -2.29. The molecule has 0 saturated carbocycles. The molecule has 2 heterocycles. The van der Waals surface area contributed by atoms with Crippen LogP contribution in [0.3, 0.4) is 0 Å². The van der Waals surface area contributed by atoms with Crippen LogP contribution in [0.15, 0.2) is 60.4 Å². The van der Waals surface area contributed by atoms with Crippen molar-refractivity contribution in [1.82, 2.24) is 15.5 Å². The highest BCUT2D eigenvalue weighted by Crippen LogP contribution is 2.30. The second-order valence-electron chi connectivity index (χ2n) is 8.25. The molecular weight excluding hydrogens is 404 g/mol. The van der Waals surface area contributed by atoms with Crippen LogP contribution < -0.4 is 16.4 Å². The van der Waals surface area contributed by atoms with Crippen LogP contribution in [0.5, 0.6) is 0 Å². The van der Waals surface area contributed by atoms with Crippen molar-refractivity contribution in [3.8, 4) is 0 Å². The molecule has 32 heavy (non-hydrogen) atoms. The van der Waals surface area contributed by atoms with Crippen molar-refractivity contribution in [1.29, 1.82) is 0 Å². The lowest BCUT2D eigenvalue weighted by molar-refractivity contribution is -0.136. The molecule has 0 aliphatic carbocycles. The first-order valence-electron chi connectivity index (χ1n) is 11.0. The van der Waals surface area contributed by atoms with Crippen LogP contribution in [0.25, 0.3) is 0 Å². The molecule has 2 aliphatic heterocycles. The minimum Gasteiger partial charge on any atom is -0.401 e. The van der Waals surface area contributed by atoms with Crippen LogP contribution in [-0.2, 0) is 29.0 Å². The normalized spacial score (nSPS) is 18.5. The lowest BCUT2D eigenvalue weighted by Crippen LogP contribution is -2.52. The van der Waals surface area contributed by atoms with Gasteiger partial charge in [-0.2, -0.15) is 0 Å². The van der Waals surface area contributed by atoms with Crippen LogP contribution >= 0.6 is 0 Å². The molecule has 4 rings (SSSR count). The number of fused-ring (bicyclic) bond motifs is 1. The van der Waals surface area contributed by atoms with Gasteiger partial charge < -0.3 is 16.0 Å². The van der Waals surface area contributed by atoms with Crippen molar-refractivity contribution in [3.05, 3.63) is 82.7 Å². The minimum atomic E-state index is -0.598. The first-order chi connectivity index (χ1) is 15.5. The summed E-state index contributed by atoms with van der Waals surface area (Å²) in [4.78, 5) is 38.2. The summed E-state index contributed by atoms with van der Waals surface area (Å²) in [6.45, 7) is 1.19. The Kier molecular flexibility index (Phi) is 6.54. The number of imide groups is 1. The Morgan fingerprint density at radius 2 is 1.91 bits per heavy atom. The molecule has 2 aromatic carbocycles. The van der Waals surface area contributed by atoms with E-state index in [0.717, 1.165) is 29.8 Å². The van der Waals surface area contributed by atoms with Crippen molar-refractivity contribution in [2.45, 2.75) is 44.7 Å². The number of carbonyl (C=O) groups is 3. The van der Waals surface area contributed by atoms with E-state index >= 15 is 0 Å². The highest BCUT2D eigenvalue weighted by molar-refractivity contribution is 6.05. The average molecular weight is 433 g/mol. The van der Waals surface area contributed by atoms with Gasteiger partial charge in [0.25, 0.3) is 5.91 Å². The molecular formula is C25H28N4O3. The first-order valence-corrected chi connectivity index (χ1v) is 11.0. The number of nitrogens with zero attached hydrogens (tertiary/aromatic N) is 1. The van der Waals surface area contributed by atoms with Crippen LogP contribution in [0.2, 0.25) is 0 Å². The number of carbonyl (C=O) groups excluding carboxylic acids is 3. The van der Waals surface area contributed by atoms with Gasteiger partial charge in [0.15, 0.2) is 0 Å². The number of nitrogens with one attached hydrogen (secondary N) is 2. The molecule has 4 N–H and O–H groups in total. The molecule has 7 nitrogen and oxygen atoms in total. The van der Waals surface area contributed by atoms with Gasteiger partial charge in [0, 0.05) is 37.0 Å². The maximum Gasteiger partial charge on any atom is 0.255 e. The average Bonchev–Trinajstić information content (AvgIpc) is 3.13. The highest BCUT2D eigenvalue weighted by Gasteiger charge is 2.39. The van der Waals surface area contributed by atoms with Gasteiger partial charge in [-0.25, -0.2) is 0 Å². The largest absolute Gasteiger partial charge is 0.401 e. The minimum absolute atomic E-state index is 0.151. The summed E-state index contributed by atoms with van der Waals surface area (Å²) in [5, 5.41) is 5.61. The summed E-state index contributed by atoms with van der Waals surface area (Å²) >= 11 is 0. The summed E-state index contributed by atoms with van der Waals surface area (Å²) in [7, 11) is 0. The molecule has 1 unspecified atom stereocenters. The van der Waals surface area contributed by atoms with E-state index in [9.17, 15) is 14.4 Å². The van der Waals surface area contributed by atoms with Crippen molar-refractivity contribution in [2.75, 3.05) is 6.54 Å². The summed E-state index contributed by atoms with van der Waals surface area (Å²) in [5.41, 5.74) is 10.9. The van der Waals surface area contributed by atoms with Crippen LogP contribution in [0.4, 0.5) is 0 Å². The SMILES string of the molecule is N/C(=C\NCCc1ccccc1)CCc1cccc2c1CN(C1CCC(=O)NC1=O)C2=O. The number of nitrogens with two attached hydrogens (primary N) is 1. The number of hydrogen-bond donors (Lipinski definition) is 3. The van der Waals surface area contributed by atoms with Gasteiger partial charge in [-0.1, -0.05) is 42.5 Å². The molecule has 166 valence electrons. The Bertz CT molecular complexity index is 1050. The predicted octanol–water partition coefficient (Wildman–Crippen LogP) is 2.01. The molecule has 0 bridgehead atoms. The van der Waals surface area contributed by atoms with E-state index in [4.69, 9.17) is 5.73 Å². The predicted molar refractivity (Wildman–Crippen MR) is 121 cm³/mol. The van der Waals surface area contributed by atoms with Gasteiger partial charge in [0.2, 0.25) is 11.8 Å². The van der Waals surface area contributed by atoms with Gasteiger partial charge in [0.05, 0.1) is 0 Å². The van der Waals surface area contributed by atoms with E-state index < -0.39 is 11.9 Å². The number of hydrogen-bond acceptors (Lipinski definition) is 5. The smallest absolute Gasteiger partial charge is 0.255 e. The third kappa shape index (κ3) is 4.82. The lowest BCUT2D eigenvalue weighted by atomic mass is 9.99. The van der Waals surface area contributed by atoms with Gasteiger partial charge in [-0.3, -0.25) is 19.7 Å². The van der Waals surface area contributed by atoms with Crippen molar-refractivity contribution >= 4 is 17.7 Å². The second kappa shape index (κ2) is 9.68. The van der Waals surface area contributed by atoms with Gasteiger partial charge in [0.1, 0.15) is 6.04 Å². The van der Waals surface area contributed by atoms with E-state index in [1.54, 1.807) is 11.0 Å². The van der Waals surface area contributed by atoms with Crippen molar-refractivity contribution < 1.29 is 14.4 Å². The molecule has 0 spiro atoms. The molecule has 3 amide bonds. The quantitative estimate of drug-likeness (QED) is 0.437. The molecule has 1 saturated heterocycles. The Morgan fingerprint density at radius 3 is 2.69 bits per heavy atom. The number of benzene rings is 2.